The third-order valence-corrected chi connectivity index (χ3v) is 3.24. The average Bonchev–Trinajstić information content (AvgIpc) is 2.84. The van der Waals surface area contributed by atoms with Crippen molar-refractivity contribution < 1.29 is 14.3 Å². The molecule has 2 rings (SSSR count). The van der Waals surface area contributed by atoms with E-state index in [9.17, 15) is 9.59 Å². The molecule has 7 nitrogen and oxygen atoms in total. The molecule has 0 bridgehead atoms. The Morgan fingerprint density at radius 3 is 3.00 bits per heavy atom. The fourth-order valence-corrected chi connectivity index (χ4v) is 2.20. The van der Waals surface area contributed by atoms with Gasteiger partial charge in [0.25, 0.3) is 0 Å². The highest BCUT2D eigenvalue weighted by molar-refractivity contribution is 5.87. The van der Waals surface area contributed by atoms with Crippen LogP contribution in [0.4, 0.5) is 0 Å². The molecule has 0 radical (unpaired) electrons. The lowest BCUT2D eigenvalue weighted by Crippen LogP contribution is -2.55. The number of carbonyl (C=O) groups excluding carboxylic acids is 2. The standard InChI is InChI=1S/C13H20N4O3/c1-10-7-15-16(8-10)4-3-14-13(19)12-9-20-6-5-17(12)11(2)18/h7-8,12H,3-6,9H2,1-2H3,(H,14,19). The second kappa shape index (κ2) is 6.51. The first-order valence-electron chi connectivity index (χ1n) is 6.69. The number of aromatic nitrogens is 2. The van der Waals surface area contributed by atoms with Crippen LogP contribution in [0.1, 0.15) is 12.5 Å². The van der Waals surface area contributed by atoms with Gasteiger partial charge < -0.3 is 15.0 Å². The fraction of sp³-hybridized carbons (Fsp3) is 0.615. The van der Waals surface area contributed by atoms with Crippen LogP contribution < -0.4 is 5.32 Å². The molecule has 110 valence electrons. The number of morpholine rings is 1. The molecule has 1 aromatic heterocycles. The Bertz CT molecular complexity index is 486. The molecule has 1 atom stereocenters. The molecule has 1 aliphatic heterocycles. The van der Waals surface area contributed by atoms with Crippen LogP contribution in [0, 0.1) is 6.92 Å². The third kappa shape index (κ3) is 3.57. The lowest BCUT2D eigenvalue weighted by molar-refractivity contribution is -0.146. The molecule has 2 amide bonds. The number of hydrogen-bond donors (Lipinski definition) is 1. The lowest BCUT2D eigenvalue weighted by Gasteiger charge is -2.33. The largest absolute Gasteiger partial charge is 0.377 e. The van der Waals surface area contributed by atoms with Gasteiger partial charge in [-0.2, -0.15) is 5.10 Å². The molecule has 2 heterocycles. The van der Waals surface area contributed by atoms with Gasteiger partial charge in [-0.15, -0.1) is 0 Å². The summed E-state index contributed by atoms with van der Waals surface area (Å²) in [6, 6.07) is -0.527. The maximum Gasteiger partial charge on any atom is 0.245 e. The average molecular weight is 280 g/mol. The van der Waals surface area contributed by atoms with E-state index in [1.54, 1.807) is 15.8 Å². The second-order valence-corrected chi connectivity index (χ2v) is 4.87. The van der Waals surface area contributed by atoms with Crippen molar-refractivity contribution in [3.63, 3.8) is 0 Å². The van der Waals surface area contributed by atoms with Gasteiger partial charge >= 0.3 is 0 Å². The monoisotopic (exact) mass is 280 g/mol. The van der Waals surface area contributed by atoms with Gasteiger partial charge in [0, 0.05) is 26.2 Å². The normalized spacial score (nSPS) is 18.9. The van der Waals surface area contributed by atoms with Crippen LogP contribution in [0.5, 0.6) is 0 Å². The maximum atomic E-state index is 12.1. The Kier molecular flexibility index (Phi) is 4.73. The number of rotatable bonds is 4. The Balaban J connectivity index is 1.82. The van der Waals surface area contributed by atoms with Crippen molar-refractivity contribution in [2.75, 3.05) is 26.3 Å². The van der Waals surface area contributed by atoms with E-state index >= 15 is 0 Å². The molecule has 1 aliphatic rings. The van der Waals surface area contributed by atoms with Crippen LogP contribution in [0.2, 0.25) is 0 Å². The maximum absolute atomic E-state index is 12.1. The summed E-state index contributed by atoms with van der Waals surface area (Å²) < 4.78 is 7.05. The summed E-state index contributed by atoms with van der Waals surface area (Å²) in [5.41, 5.74) is 1.08. The fourth-order valence-electron chi connectivity index (χ4n) is 2.20. The van der Waals surface area contributed by atoms with Gasteiger partial charge in [0.05, 0.1) is 26.0 Å². The molecular formula is C13H20N4O3. The molecule has 0 aliphatic carbocycles. The zero-order chi connectivity index (χ0) is 14.5. The second-order valence-electron chi connectivity index (χ2n) is 4.87. The van der Waals surface area contributed by atoms with Crippen LogP contribution in [0.3, 0.4) is 0 Å². The van der Waals surface area contributed by atoms with Gasteiger partial charge in [0.2, 0.25) is 11.8 Å². The first kappa shape index (κ1) is 14.5. The van der Waals surface area contributed by atoms with Crippen molar-refractivity contribution in [2.24, 2.45) is 0 Å². The molecule has 1 aromatic rings. The molecule has 1 N–H and O–H groups in total. The summed E-state index contributed by atoms with van der Waals surface area (Å²) in [4.78, 5) is 25.1. The van der Waals surface area contributed by atoms with Crippen molar-refractivity contribution in [1.29, 1.82) is 0 Å². The number of nitrogens with one attached hydrogen (secondary N) is 1. The van der Waals surface area contributed by atoms with Crippen LogP contribution in [-0.2, 0) is 20.9 Å². The Hall–Kier alpha value is -1.89. The molecule has 1 fully saturated rings. The topological polar surface area (TPSA) is 76.5 Å². The zero-order valence-corrected chi connectivity index (χ0v) is 11.8. The summed E-state index contributed by atoms with van der Waals surface area (Å²) in [5, 5.41) is 6.97. The van der Waals surface area contributed by atoms with Crippen molar-refractivity contribution >= 4 is 11.8 Å². The van der Waals surface area contributed by atoms with E-state index in [2.05, 4.69) is 10.4 Å². The van der Waals surface area contributed by atoms with Gasteiger partial charge in [-0.1, -0.05) is 0 Å². The number of hydrogen-bond acceptors (Lipinski definition) is 4. The van der Waals surface area contributed by atoms with Gasteiger partial charge in [0.1, 0.15) is 6.04 Å². The minimum Gasteiger partial charge on any atom is -0.377 e. The molecule has 0 aromatic carbocycles. The van der Waals surface area contributed by atoms with Gasteiger partial charge in [-0.05, 0) is 12.5 Å². The highest BCUT2D eigenvalue weighted by Crippen LogP contribution is 2.07. The quantitative estimate of drug-likeness (QED) is 0.811. The number of nitrogens with zero attached hydrogens (tertiary/aromatic N) is 3. The highest BCUT2D eigenvalue weighted by Gasteiger charge is 2.30. The molecule has 0 spiro atoms. The Morgan fingerprint density at radius 1 is 1.55 bits per heavy atom. The minimum atomic E-state index is -0.527. The summed E-state index contributed by atoms with van der Waals surface area (Å²) >= 11 is 0. The van der Waals surface area contributed by atoms with Gasteiger partial charge in [-0.25, -0.2) is 0 Å². The number of ether oxygens (including phenoxy) is 1. The molecular weight excluding hydrogens is 260 g/mol. The van der Waals surface area contributed by atoms with Crippen molar-refractivity contribution in [1.82, 2.24) is 20.0 Å². The summed E-state index contributed by atoms with van der Waals surface area (Å²) in [6.45, 7) is 5.72. The molecule has 7 heteroatoms. The summed E-state index contributed by atoms with van der Waals surface area (Å²) in [6.07, 6.45) is 3.69. The van der Waals surface area contributed by atoms with E-state index in [4.69, 9.17) is 4.74 Å². The van der Waals surface area contributed by atoms with Crippen LogP contribution in [0.15, 0.2) is 12.4 Å². The lowest BCUT2D eigenvalue weighted by atomic mass is 10.2. The van der Waals surface area contributed by atoms with E-state index < -0.39 is 6.04 Å². The molecule has 0 saturated carbocycles. The Morgan fingerprint density at radius 2 is 2.35 bits per heavy atom. The van der Waals surface area contributed by atoms with E-state index in [0.29, 0.717) is 26.2 Å². The molecule has 1 saturated heterocycles. The number of aryl methyl sites for hydroxylation is 1. The smallest absolute Gasteiger partial charge is 0.245 e. The SMILES string of the molecule is CC(=O)N1CCOCC1C(=O)NCCn1cc(C)cn1. The predicted molar refractivity (Wildman–Crippen MR) is 72.0 cm³/mol. The van der Waals surface area contributed by atoms with E-state index in [1.807, 2.05) is 13.1 Å². The van der Waals surface area contributed by atoms with Crippen LogP contribution in [0.25, 0.3) is 0 Å². The molecule has 20 heavy (non-hydrogen) atoms. The van der Waals surface area contributed by atoms with E-state index in [0.717, 1.165) is 5.56 Å². The molecule has 1 unspecified atom stereocenters. The zero-order valence-electron chi connectivity index (χ0n) is 11.8. The van der Waals surface area contributed by atoms with Crippen molar-refractivity contribution in [3.05, 3.63) is 18.0 Å². The van der Waals surface area contributed by atoms with Crippen molar-refractivity contribution in [2.45, 2.75) is 26.4 Å². The number of carbonyl (C=O) groups is 2. The minimum absolute atomic E-state index is 0.101. The van der Waals surface area contributed by atoms with Crippen LogP contribution in [-0.4, -0.2) is 58.8 Å². The van der Waals surface area contributed by atoms with Crippen LogP contribution >= 0.6 is 0 Å². The highest BCUT2D eigenvalue weighted by atomic mass is 16.5. The summed E-state index contributed by atoms with van der Waals surface area (Å²) in [7, 11) is 0. The number of amides is 2. The van der Waals surface area contributed by atoms with Crippen molar-refractivity contribution in [3.8, 4) is 0 Å². The van der Waals surface area contributed by atoms with Gasteiger partial charge in [0.15, 0.2) is 0 Å². The Labute approximate surface area is 117 Å². The van der Waals surface area contributed by atoms with E-state index in [-0.39, 0.29) is 18.4 Å². The van der Waals surface area contributed by atoms with Gasteiger partial charge in [-0.3, -0.25) is 14.3 Å². The van der Waals surface area contributed by atoms with E-state index in [1.165, 1.54) is 6.92 Å². The predicted octanol–water partition coefficient (Wildman–Crippen LogP) is -0.445. The third-order valence-electron chi connectivity index (χ3n) is 3.24. The first-order valence-corrected chi connectivity index (χ1v) is 6.69. The first-order chi connectivity index (χ1) is 9.58. The summed E-state index contributed by atoms with van der Waals surface area (Å²) in [5.74, 6) is -0.278.